The van der Waals surface area contributed by atoms with Crippen LogP contribution in [0, 0.1) is 0 Å². The summed E-state index contributed by atoms with van der Waals surface area (Å²) in [6.45, 7) is 2.68. The fourth-order valence-corrected chi connectivity index (χ4v) is 5.02. The Labute approximate surface area is 195 Å². The van der Waals surface area contributed by atoms with E-state index in [4.69, 9.17) is 4.74 Å². The van der Waals surface area contributed by atoms with Gasteiger partial charge in [-0.2, -0.15) is 31.3 Å². The second kappa shape index (κ2) is 9.60. The van der Waals surface area contributed by atoms with Gasteiger partial charge in [-0.1, -0.05) is 0 Å². The van der Waals surface area contributed by atoms with Crippen molar-refractivity contribution in [1.29, 1.82) is 0 Å². The third-order valence-corrected chi connectivity index (χ3v) is 7.68. The maximum atomic E-state index is 13.3. The van der Waals surface area contributed by atoms with Crippen molar-refractivity contribution < 1.29 is 45.2 Å². The van der Waals surface area contributed by atoms with E-state index in [2.05, 4.69) is 19.6 Å². The Balaban J connectivity index is 1.89. The van der Waals surface area contributed by atoms with Gasteiger partial charge in [0.15, 0.2) is 0 Å². The number of benzene rings is 1. The standard InChI is InChI=1S/C20H20F6N4O4S/c1-10(31)11(2)34-16-15(19(21,22)23)9-27-18(29-16)28-12-3-5-13(6-4-12)35(33,14-7-8-14)30-17(32)20(24,25)26/h3-6,9-11,14,31H,7-8H2,1-2H3,(H,27,28,29)/t10-,11-,35+/m1/s1. The van der Waals surface area contributed by atoms with Crippen LogP contribution in [0.2, 0.25) is 0 Å². The van der Waals surface area contributed by atoms with Crippen LogP contribution in [0.5, 0.6) is 5.88 Å². The molecule has 1 saturated carbocycles. The first-order valence-electron chi connectivity index (χ1n) is 10.1. The number of hydrogen-bond donors (Lipinski definition) is 2. The van der Waals surface area contributed by atoms with Gasteiger partial charge in [0.1, 0.15) is 11.7 Å². The predicted molar refractivity (Wildman–Crippen MR) is 111 cm³/mol. The van der Waals surface area contributed by atoms with Gasteiger partial charge in [-0.25, -0.2) is 9.19 Å². The third kappa shape index (κ3) is 6.39. The van der Waals surface area contributed by atoms with Crippen molar-refractivity contribution in [3.63, 3.8) is 0 Å². The fraction of sp³-hybridized carbons (Fsp3) is 0.450. The van der Waals surface area contributed by atoms with Crippen molar-refractivity contribution in [3.8, 4) is 5.88 Å². The van der Waals surface area contributed by atoms with Gasteiger partial charge in [-0.3, -0.25) is 4.79 Å². The number of amides is 1. The van der Waals surface area contributed by atoms with E-state index < -0.39 is 56.9 Å². The zero-order chi connectivity index (χ0) is 26.2. The number of aromatic nitrogens is 2. The maximum absolute atomic E-state index is 13.3. The lowest BCUT2D eigenvalue weighted by molar-refractivity contribution is -0.169. The van der Waals surface area contributed by atoms with Crippen LogP contribution in [0.4, 0.5) is 38.0 Å². The van der Waals surface area contributed by atoms with Crippen LogP contribution < -0.4 is 10.1 Å². The van der Waals surface area contributed by atoms with Crippen LogP contribution >= 0.6 is 0 Å². The minimum atomic E-state index is -5.26. The predicted octanol–water partition coefficient (Wildman–Crippen LogP) is 4.47. The van der Waals surface area contributed by atoms with Crippen molar-refractivity contribution in [2.45, 2.75) is 61.4 Å². The van der Waals surface area contributed by atoms with Gasteiger partial charge in [0.2, 0.25) is 11.8 Å². The lowest BCUT2D eigenvalue weighted by Crippen LogP contribution is -2.27. The number of halogens is 6. The molecule has 3 rings (SSSR count). The van der Waals surface area contributed by atoms with Gasteiger partial charge < -0.3 is 15.2 Å². The summed E-state index contributed by atoms with van der Waals surface area (Å²) in [6.07, 6.45) is -11.0. The Hall–Kier alpha value is -2.94. The van der Waals surface area contributed by atoms with E-state index >= 15 is 0 Å². The summed E-state index contributed by atoms with van der Waals surface area (Å²) in [5.74, 6) is -3.56. The number of carbonyl (C=O) groups excluding carboxylic acids is 1. The van der Waals surface area contributed by atoms with Crippen molar-refractivity contribution in [2.75, 3.05) is 5.32 Å². The summed E-state index contributed by atoms with van der Waals surface area (Å²) in [5.41, 5.74) is -1.06. The SMILES string of the molecule is C[C@@H](O)[C@@H](C)Oc1nc(Nc2ccc([S@@](=O)(=NC(=O)C(F)(F)F)C3CC3)cc2)ncc1C(F)(F)F. The summed E-state index contributed by atoms with van der Waals surface area (Å²) in [7, 11) is -3.67. The van der Waals surface area contributed by atoms with Gasteiger partial charge in [0.25, 0.3) is 0 Å². The molecule has 0 bridgehead atoms. The number of hydrogen-bond acceptors (Lipinski definition) is 7. The molecule has 0 saturated heterocycles. The third-order valence-electron chi connectivity index (χ3n) is 4.92. The number of nitrogens with one attached hydrogen (secondary N) is 1. The zero-order valence-electron chi connectivity index (χ0n) is 18.2. The van der Waals surface area contributed by atoms with Gasteiger partial charge >= 0.3 is 18.3 Å². The summed E-state index contributed by atoms with van der Waals surface area (Å²) in [5, 5.41) is 11.5. The molecular formula is C20H20F6N4O4S. The number of nitrogens with zero attached hydrogens (tertiary/aromatic N) is 3. The molecule has 3 atom stereocenters. The highest BCUT2D eigenvalue weighted by molar-refractivity contribution is 7.94. The lowest BCUT2D eigenvalue weighted by atomic mass is 10.2. The van der Waals surface area contributed by atoms with E-state index in [9.17, 15) is 40.5 Å². The molecule has 2 aromatic rings. The largest absolute Gasteiger partial charge is 0.474 e. The van der Waals surface area contributed by atoms with Crippen molar-refractivity contribution in [2.24, 2.45) is 4.36 Å². The highest BCUT2D eigenvalue weighted by Gasteiger charge is 2.43. The number of carbonyl (C=O) groups is 1. The first kappa shape index (κ1) is 26.7. The molecule has 8 nitrogen and oxygen atoms in total. The molecular weight excluding hydrogens is 506 g/mol. The Bertz CT molecular complexity index is 1200. The fourth-order valence-electron chi connectivity index (χ4n) is 2.73. The van der Waals surface area contributed by atoms with Crippen LogP contribution in [0.25, 0.3) is 0 Å². The Morgan fingerprint density at radius 1 is 1.17 bits per heavy atom. The molecule has 1 amide bonds. The Morgan fingerprint density at radius 3 is 2.26 bits per heavy atom. The molecule has 1 heterocycles. The van der Waals surface area contributed by atoms with E-state index in [0.29, 0.717) is 19.0 Å². The molecule has 1 aromatic carbocycles. The lowest BCUT2D eigenvalue weighted by Gasteiger charge is -2.20. The molecule has 1 fully saturated rings. The van der Waals surface area contributed by atoms with Gasteiger partial charge in [0.05, 0.1) is 15.8 Å². The van der Waals surface area contributed by atoms with E-state index in [0.717, 1.165) is 0 Å². The highest BCUT2D eigenvalue weighted by Crippen LogP contribution is 2.38. The quantitative estimate of drug-likeness (QED) is 0.512. The number of alkyl halides is 6. The summed E-state index contributed by atoms with van der Waals surface area (Å²) in [4.78, 5) is 18.6. The summed E-state index contributed by atoms with van der Waals surface area (Å²) >= 11 is 0. The second-order valence-corrected chi connectivity index (χ2v) is 10.2. The number of anilines is 2. The number of rotatable bonds is 7. The molecule has 1 aliphatic carbocycles. The Morgan fingerprint density at radius 2 is 1.77 bits per heavy atom. The second-order valence-electron chi connectivity index (χ2n) is 7.79. The van der Waals surface area contributed by atoms with E-state index in [-0.39, 0.29) is 16.5 Å². The molecule has 1 aliphatic rings. The van der Waals surface area contributed by atoms with Crippen molar-refractivity contribution >= 4 is 27.3 Å². The number of ether oxygens (including phenoxy) is 1. The van der Waals surface area contributed by atoms with Gasteiger partial charge in [-0.05, 0) is 51.0 Å². The van der Waals surface area contributed by atoms with Gasteiger partial charge in [0, 0.05) is 22.0 Å². The van der Waals surface area contributed by atoms with Crippen LogP contribution in [-0.4, -0.2) is 48.8 Å². The minimum absolute atomic E-state index is 0.0914. The smallest absolute Gasteiger partial charge is 0.471 e. The van der Waals surface area contributed by atoms with Crippen molar-refractivity contribution in [1.82, 2.24) is 9.97 Å². The molecule has 1 aromatic heterocycles. The van der Waals surface area contributed by atoms with E-state index in [1.165, 1.54) is 38.1 Å². The van der Waals surface area contributed by atoms with Crippen LogP contribution in [-0.2, 0) is 20.7 Å². The highest BCUT2D eigenvalue weighted by atomic mass is 32.2. The molecule has 0 spiro atoms. The van der Waals surface area contributed by atoms with Crippen LogP contribution in [0.3, 0.4) is 0 Å². The summed E-state index contributed by atoms with van der Waals surface area (Å²) in [6, 6.07) is 4.97. The summed E-state index contributed by atoms with van der Waals surface area (Å²) < 4.78 is 99.1. The number of aliphatic hydroxyl groups is 1. The molecule has 0 aliphatic heterocycles. The first-order valence-corrected chi connectivity index (χ1v) is 11.7. The zero-order valence-corrected chi connectivity index (χ0v) is 19.0. The topological polar surface area (TPSA) is 114 Å². The molecule has 0 radical (unpaired) electrons. The van der Waals surface area contributed by atoms with Crippen LogP contribution in [0.15, 0.2) is 39.7 Å². The molecule has 192 valence electrons. The first-order chi connectivity index (χ1) is 16.1. The molecule has 0 unspecified atom stereocenters. The van der Waals surface area contributed by atoms with Crippen LogP contribution in [0.1, 0.15) is 32.3 Å². The average Bonchev–Trinajstić information content (AvgIpc) is 3.58. The maximum Gasteiger partial charge on any atom is 0.474 e. The van der Waals surface area contributed by atoms with E-state index in [1.54, 1.807) is 0 Å². The average molecular weight is 526 g/mol. The molecule has 15 heteroatoms. The van der Waals surface area contributed by atoms with E-state index in [1.807, 2.05) is 0 Å². The Kier molecular flexibility index (Phi) is 7.32. The molecule has 35 heavy (non-hydrogen) atoms. The monoisotopic (exact) mass is 526 g/mol. The van der Waals surface area contributed by atoms with Crippen molar-refractivity contribution in [3.05, 3.63) is 36.0 Å². The van der Waals surface area contributed by atoms with Gasteiger partial charge in [-0.15, -0.1) is 4.36 Å². The minimum Gasteiger partial charge on any atom is -0.471 e. The molecule has 2 N–H and O–H groups in total. The normalized spacial score (nSPS) is 17.7. The number of aliphatic hydroxyl groups excluding tert-OH is 1.